The smallest absolute Gasteiger partial charge is 0.0272 e. The first-order valence-electron chi connectivity index (χ1n) is 8.59. The summed E-state index contributed by atoms with van der Waals surface area (Å²) in [5.74, 6) is 1.61. The molecule has 110 valence electrons. The van der Waals surface area contributed by atoms with Crippen molar-refractivity contribution in [3.05, 3.63) is 0 Å². The molecule has 0 radical (unpaired) electrons. The lowest BCUT2D eigenvalue weighted by atomic mass is 9.73. The van der Waals surface area contributed by atoms with Crippen LogP contribution in [0.4, 0.5) is 0 Å². The fourth-order valence-corrected chi connectivity index (χ4v) is 5.45. The van der Waals surface area contributed by atoms with E-state index >= 15 is 0 Å². The molecule has 3 rings (SSSR count). The molecule has 1 saturated heterocycles. The first kappa shape index (κ1) is 13.9. The molecule has 4 unspecified atom stereocenters. The first-order valence-corrected chi connectivity index (χ1v) is 8.59. The van der Waals surface area contributed by atoms with Crippen LogP contribution in [-0.4, -0.2) is 30.1 Å². The number of piperidine rings is 1. The highest BCUT2D eigenvalue weighted by Crippen LogP contribution is 2.47. The lowest BCUT2D eigenvalue weighted by Gasteiger charge is -2.49. The average Bonchev–Trinajstić information content (AvgIpc) is 2.79. The van der Waals surface area contributed by atoms with Crippen molar-refractivity contribution in [2.75, 3.05) is 13.1 Å². The van der Waals surface area contributed by atoms with Crippen LogP contribution in [0.3, 0.4) is 0 Å². The highest BCUT2D eigenvalue weighted by atomic mass is 15.2. The zero-order valence-corrected chi connectivity index (χ0v) is 12.9. The van der Waals surface area contributed by atoms with Crippen molar-refractivity contribution in [2.24, 2.45) is 23.0 Å². The van der Waals surface area contributed by atoms with Gasteiger partial charge in [-0.05, 0) is 68.9 Å². The van der Waals surface area contributed by atoms with Crippen molar-refractivity contribution in [3.63, 3.8) is 0 Å². The Morgan fingerprint density at radius 3 is 2.16 bits per heavy atom. The number of hydrogen-bond donors (Lipinski definition) is 1. The Balaban J connectivity index is 1.61. The van der Waals surface area contributed by atoms with E-state index in [9.17, 15) is 0 Å². The number of nitrogens with zero attached hydrogens (tertiary/aromatic N) is 1. The quantitative estimate of drug-likeness (QED) is 0.786. The molecule has 0 aromatic rings. The minimum atomic E-state index is 0.413. The minimum Gasteiger partial charge on any atom is -0.326 e. The van der Waals surface area contributed by atoms with E-state index in [4.69, 9.17) is 5.73 Å². The number of hydrogen-bond acceptors (Lipinski definition) is 2. The molecule has 2 aliphatic carbocycles. The number of likely N-dealkylation sites (tertiary alicyclic amines) is 1. The summed E-state index contributed by atoms with van der Waals surface area (Å²) in [5.41, 5.74) is 7.24. The summed E-state index contributed by atoms with van der Waals surface area (Å²) in [4.78, 5) is 2.75. The largest absolute Gasteiger partial charge is 0.326 e. The van der Waals surface area contributed by atoms with Gasteiger partial charge in [0.15, 0.2) is 0 Å². The highest BCUT2D eigenvalue weighted by molar-refractivity contribution is 4.97. The molecule has 1 spiro atoms. The van der Waals surface area contributed by atoms with Crippen molar-refractivity contribution in [1.82, 2.24) is 4.90 Å². The maximum absolute atomic E-state index is 6.49. The van der Waals surface area contributed by atoms with Gasteiger partial charge in [-0.25, -0.2) is 0 Å². The second-order valence-corrected chi connectivity index (χ2v) is 7.95. The predicted octanol–water partition coefficient (Wildman–Crippen LogP) is 3.40. The van der Waals surface area contributed by atoms with Gasteiger partial charge in [0.2, 0.25) is 0 Å². The van der Waals surface area contributed by atoms with Gasteiger partial charge in [0, 0.05) is 12.1 Å². The van der Waals surface area contributed by atoms with Gasteiger partial charge in [-0.2, -0.15) is 0 Å². The van der Waals surface area contributed by atoms with E-state index in [0.717, 1.165) is 17.3 Å². The van der Waals surface area contributed by atoms with E-state index in [2.05, 4.69) is 18.7 Å². The molecule has 4 atom stereocenters. The molecule has 2 N–H and O–H groups in total. The fraction of sp³-hybridized carbons (Fsp3) is 1.00. The molecule has 0 aromatic heterocycles. The summed E-state index contributed by atoms with van der Waals surface area (Å²) in [6, 6.07) is 1.08. The van der Waals surface area contributed by atoms with E-state index in [0.29, 0.717) is 12.1 Å². The summed E-state index contributed by atoms with van der Waals surface area (Å²) < 4.78 is 0. The van der Waals surface area contributed by atoms with E-state index in [1.165, 1.54) is 64.5 Å². The van der Waals surface area contributed by atoms with Gasteiger partial charge < -0.3 is 5.73 Å². The third-order valence-corrected chi connectivity index (χ3v) is 6.41. The highest BCUT2D eigenvalue weighted by Gasteiger charge is 2.42. The second kappa shape index (κ2) is 5.37. The van der Waals surface area contributed by atoms with Gasteiger partial charge >= 0.3 is 0 Å². The third-order valence-electron chi connectivity index (χ3n) is 6.41. The Labute approximate surface area is 119 Å². The molecule has 0 amide bonds. The standard InChI is InChI=1S/C17H32N2/c1-13-11-14(2)16(15(18)12-13)19-9-7-17(8-10-19)5-3-4-6-17/h13-16H,3-12,18H2,1-2H3. The van der Waals surface area contributed by atoms with Crippen LogP contribution in [0.15, 0.2) is 0 Å². The Morgan fingerprint density at radius 2 is 1.58 bits per heavy atom. The van der Waals surface area contributed by atoms with Crippen LogP contribution in [0.1, 0.15) is 65.2 Å². The number of nitrogens with two attached hydrogens (primary N) is 1. The summed E-state index contributed by atoms with van der Waals surface area (Å²) in [5, 5.41) is 0. The van der Waals surface area contributed by atoms with Crippen LogP contribution in [0.25, 0.3) is 0 Å². The van der Waals surface area contributed by atoms with Gasteiger partial charge in [-0.3, -0.25) is 4.90 Å². The van der Waals surface area contributed by atoms with Crippen LogP contribution < -0.4 is 5.73 Å². The molecule has 1 heterocycles. The van der Waals surface area contributed by atoms with Crippen molar-refractivity contribution in [1.29, 1.82) is 0 Å². The van der Waals surface area contributed by atoms with Crippen LogP contribution >= 0.6 is 0 Å². The van der Waals surface area contributed by atoms with E-state index in [1.807, 2.05) is 0 Å². The van der Waals surface area contributed by atoms with E-state index < -0.39 is 0 Å². The average molecular weight is 264 g/mol. The molecule has 2 saturated carbocycles. The van der Waals surface area contributed by atoms with Crippen LogP contribution in [0, 0.1) is 17.3 Å². The third kappa shape index (κ3) is 2.71. The Kier molecular flexibility index (Phi) is 3.92. The van der Waals surface area contributed by atoms with Crippen LogP contribution in [0.5, 0.6) is 0 Å². The topological polar surface area (TPSA) is 29.3 Å². The monoisotopic (exact) mass is 264 g/mol. The first-order chi connectivity index (χ1) is 9.10. The molecule has 2 heteroatoms. The Morgan fingerprint density at radius 1 is 0.947 bits per heavy atom. The van der Waals surface area contributed by atoms with Gasteiger partial charge in [0.1, 0.15) is 0 Å². The summed E-state index contributed by atoms with van der Waals surface area (Å²) >= 11 is 0. The van der Waals surface area contributed by atoms with Crippen molar-refractivity contribution >= 4 is 0 Å². The summed E-state index contributed by atoms with van der Waals surface area (Å²) in [7, 11) is 0. The van der Waals surface area contributed by atoms with Gasteiger partial charge in [-0.15, -0.1) is 0 Å². The molecule has 2 nitrogen and oxygen atoms in total. The van der Waals surface area contributed by atoms with E-state index in [-0.39, 0.29) is 0 Å². The zero-order valence-electron chi connectivity index (χ0n) is 12.9. The maximum atomic E-state index is 6.49. The molecule has 1 aliphatic heterocycles. The van der Waals surface area contributed by atoms with Crippen LogP contribution in [0.2, 0.25) is 0 Å². The van der Waals surface area contributed by atoms with Crippen LogP contribution in [-0.2, 0) is 0 Å². The molecule has 0 bridgehead atoms. The zero-order chi connectivity index (χ0) is 13.5. The molecular weight excluding hydrogens is 232 g/mol. The normalized spacial score (nSPS) is 43.7. The lowest BCUT2D eigenvalue weighted by molar-refractivity contribution is 0.0211. The van der Waals surface area contributed by atoms with Gasteiger partial charge in [0.25, 0.3) is 0 Å². The maximum Gasteiger partial charge on any atom is 0.0272 e. The lowest BCUT2D eigenvalue weighted by Crippen LogP contribution is -2.57. The Bertz CT molecular complexity index is 286. The van der Waals surface area contributed by atoms with Crippen molar-refractivity contribution in [3.8, 4) is 0 Å². The van der Waals surface area contributed by atoms with Gasteiger partial charge in [0.05, 0.1) is 0 Å². The molecule has 0 aromatic carbocycles. The minimum absolute atomic E-state index is 0.413. The molecule has 19 heavy (non-hydrogen) atoms. The molecule has 3 fully saturated rings. The van der Waals surface area contributed by atoms with Gasteiger partial charge in [-0.1, -0.05) is 26.7 Å². The fourth-order valence-electron chi connectivity index (χ4n) is 5.45. The van der Waals surface area contributed by atoms with Crippen molar-refractivity contribution < 1.29 is 0 Å². The number of rotatable bonds is 1. The summed E-state index contributed by atoms with van der Waals surface area (Å²) in [6.07, 6.45) is 11.5. The van der Waals surface area contributed by atoms with E-state index in [1.54, 1.807) is 0 Å². The second-order valence-electron chi connectivity index (χ2n) is 7.95. The SMILES string of the molecule is CC1CC(C)C(N2CCC3(CCCC3)CC2)C(N)C1. The van der Waals surface area contributed by atoms with Crippen molar-refractivity contribution in [2.45, 2.75) is 77.3 Å². The summed E-state index contributed by atoms with van der Waals surface area (Å²) in [6.45, 7) is 7.44. The Hall–Kier alpha value is -0.0800. The molecule has 3 aliphatic rings. The molecular formula is C17H32N2. The predicted molar refractivity (Wildman–Crippen MR) is 81.0 cm³/mol.